The van der Waals surface area contributed by atoms with Crippen LogP contribution in [0, 0.1) is 0 Å². The van der Waals surface area contributed by atoms with Gasteiger partial charge in [-0.05, 0) is 6.92 Å². The summed E-state index contributed by atoms with van der Waals surface area (Å²) in [4.78, 5) is 9.45. The van der Waals surface area contributed by atoms with Crippen LogP contribution in [0.15, 0.2) is 0 Å². The number of aliphatic carboxylic acids is 1. The number of carbonyl (C=O) groups is 1. The average molecular weight is 197 g/mol. The molecule has 0 aliphatic heterocycles. The third-order valence-corrected chi connectivity index (χ3v) is 0.357. The standard InChI is InChI=1S/C3H6O3.Al.ClHO.Na.4H/c1-2(4)3(5)6;;1-2;;;;;/h2,4H,1H3,(H,5,6);;2H;;;;;/q;;;+1;;;;-1. The first-order valence-corrected chi connectivity index (χ1v) is 2.06. The fraction of sp³-hybridized carbons (Fsp3) is 0.667. The van der Waals surface area contributed by atoms with Gasteiger partial charge in [-0.3, -0.25) is 4.66 Å². The third-order valence-electron chi connectivity index (χ3n) is 0.357. The molecule has 0 saturated heterocycles. The Bertz CT molecular complexity index is 76.4. The second-order valence-corrected chi connectivity index (χ2v) is 1.01. The Hall–Kier alpha value is 1.21. The molecule has 0 aromatic rings. The Labute approximate surface area is 98.3 Å². The molecule has 0 saturated carbocycles. The smallest absolute Gasteiger partial charge is 1.00 e. The summed E-state index contributed by atoms with van der Waals surface area (Å²) < 4.78 is 6.47. The van der Waals surface area contributed by atoms with Gasteiger partial charge < -0.3 is 11.6 Å². The van der Waals surface area contributed by atoms with Crippen molar-refractivity contribution in [1.29, 1.82) is 0 Å². The number of aliphatic hydroxyl groups excluding tert-OH is 1. The zero-order valence-electron chi connectivity index (χ0n) is 6.21. The van der Waals surface area contributed by atoms with Gasteiger partial charge in [0.25, 0.3) is 0 Å². The molecule has 0 fully saturated rings. The normalized spacial score (nSPS) is 8.80. The first-order valence-electron chi connectivity index (χ1n) is 1.72. The van der Waals surface area contributed by atoms with Crippen LogP contribution in [0.3, 0.4) is 0 Å². The van der Waals surface area contributed by atoms with Gasteiger partial charge in [0.2, 0.25) is 0 Å². The molecule has 0 aliphatic rings. The second-order valence-electron chi connectivity index (χ2n) is 1.01. The van der Waals surface area contributed by atoms with E-state index in [0.717, 1.165) is 0 Å². The molecule has 0 bridgehead atoms. The second kappa shape index (κ2) is 16.7. The molecule has 4 nitrogen and oxygen atoms in total. The van der Waals surface area contributed by atoms with Crippen LogP contribution in [-0.4, -0.2) is 44.3 Å². The maximum atomic E-state index is 9.45. The van der Waals surface area contributed by atoms with Crippen molar-refractivity contribution >= 4 is 35.2 Å². The minimum atomic E-state index is -1.23. The van der Waals surface area contributed by atoms with Crippen LogP contribution >= 0.6 is 11.9 Å². The summed E-state index contributed by atoms with van der Waals surface area (Å²) in [5.74, 6) is -1.19. The molecule has 10 heavy (non-hydrogen) atoms. The molecule has 0 spiro atoms. The van der Waals surface area contributed by atoms with Gasteiger partial charge in [0.1, 0.15) is 6.10 Å². The molecule has 0 heterocycles. The Morgan fingerprint density at radius 1 is 1.60 bits per heavy atom. The Kier molecular flexibility index (Phi) is 37.5. The van der Waals surface area contributed by atoms with Crippen molar-refractivity contribution in [2.45, 2.75) is 13.0 Å². The van der Waals surface area contributed by atoms with E-state index >= 15 is 0 Å². The monoisotopic (exact) mass is 196 g/mol. The molecular formula is C3H11AlClNaO4. The van der Waals surface area contributed by atoms with E-state index in [1.807, 2.05) is 0 Å². The zero-order valence-corrected chi connectivity index (χ0v) is 7.96. The number of rotatable bonds is 1. The first-order chi connectivity index (χ1) is 3.64. The van der Waals surface area contributed by atoms with Crippen LogP contribution in [0.1, 0.15) is 8.35 Å². The van der Waals surface area contributed by atoms with Gasteiger partial charge in [-0.1, -0.05) is 0 Å². The van der Waals surface area contributed by atoms with Crippen molar-refractivity contribution in [2.75, 3.05) is 0 Å². The number of hydrogen-bond donors (Lipinski definition) is 3. The van der Waals surface area contributed by atoms with Crippen LogP contribution in [0.2, 0.25) is 0 Å². The van der Waals surface area contributed by atoms with Crippen molar-refractivity contribution in [3.05, 3.63) is 0 Å². The summed E-state index contributed by atoms with van der Waals surface area (Å²) in [5.41, 5.74) is 0. The topological polar surface area (TPSA) is 77.8 Å². The maximum Gasteiger partial charge on any atom is 1.00 e. The predicted octanol–water partition coefficient (Wildman–Crippen LogP) is -4.48. The number of carboxylic acids is 1. The van der Waals surface area contributed by atoms with Crippen molar-refractivity contribution in [3.8, 4) is 0 Å². The molecule has 7 heteroatoms. The van der Waals surface area contributed by atoms with E-state index in [4.69, 9.17) is 14.9 Å². The number of carboxylic acid groups (broad SMARTS) is 1. The molecular weight excluding hydrogens is 185 g/mol. The van der Waals surface area contributed by atoms with Gasteiger partial charge in [-0.15, -0.1) is 0 Å². The van der Waals surface area contributed by atoms with E-state index in [1.165, 1.54) is 6.92 Å². The molecule has 1 unspecified atom stereocenters. The molecule has 0 amide bonds. The predicted molar refractivity (Wildman–Crippen MR) is 38.4 cm³/mol. The average Bonchev–Trinajstić information content (AvgIpc) is 1.72. The van der Waals surface area contributed by atoms with Gasteiger partial charge in [-0.25, -0.2) is 4.79 Å². The van der Waals surface area contributed by atoms with Crippen molar-refractivity contribution in [2.24, 2.45) is 0 Å². The number of halogens is 1. The fourth-order valence-electron chi connectivity index (χ4n) is 0. The van der Waals surface area contributed by atoms with Gasteiger partial charge >= 0.3 is 35.5 Å². The Morgan fingerprint density at radius 2 is 1.70 bits per heavy atom. The van der Waals surface area contributed by atoms with E-state index in [9.17, 15) is 4.79 Å². The van der Waals surface area contributed by atoms with Gasteiger partial charge in [0.15, 0.2) is 17.4 Å². The summed E-state index contributed by atoms with van der Waals surface area (Å²) in [6.07, 6.45) is -1.23. The fourth-order valence-corrected chi connectivity index (χ4v) is 0. The number of aliphatic hydroxyl groups is 1. The molecule has 3 N–H and O–H groups in total. The summed E-state index contributed by atoms with van der Waals surface area (Å²) in [7, 11) is 0. The summed E-state index contributed by atoms with van der Waals surface area (Å²) >= 11 is 3.64. The van der Waals surface area contributed by atoms with Crippen LogP contribution < -0.4 is 29.6 Å². The summed E-state index contributed by atoms with van der Waals surface area (Å²) in [6, 6.07) is 0. The van der Waals surface area contributed by atoms with Gasteiger partial charge in [0, 0.05) is 0 Å². The summed E-state index contributed by atoms with van der Waals surface area (Å²) in [5, 5.41) is 15.8. The van der Waals surface area contributed by atoms with Crippen molar-refractivity contribution in [3.63, 3.8) is 0 Å². The van der Waals surface area contributed by atoms with E-state index in [0.29, 0.717) is 0 Å². The minimum absolute atomic E-state index is 0. The van der Waals surface area contributed by atoms with Crippen LogP contribution in [0.5, 0.6) is 0 Å². The van der Waals surface area contributed by atoms with Crippen molar-refractivity contribution < 1.29 is 50.7 Å². The quantitative estimate of drug-likeness (QED) is 0.370. The Morgan fingerprint density at radius 3 is 1.70 bits per heavy atom. The molecule has 1 atom stereocenters. The molecule has 0 aromatic carbocycles. The molecule has 0 radical (unpaired) electrons. The van der Waals surface area contributed by atoms with E-state index < -0.39 is 12.1 Å². The molecule has 0 aliphatic carbocycles. The number of hydrogen-bond acceptors (Lipinski definition) is 3. The molecule has 0 rings (SSSR count). The largest absolute Gasteiger partial charge is 1.00 e. The third kappa shape index (κ3) is 22.9. The van der Waals surface area contributed by atoms with Crippen molar-refractivity contribution in [1.82, 2.24) is 0 Å². The van der Waals surface area contributed by atoms with E-state index in [-0.39, 0.29) is 48.3 Å². The van der Waals surface area contributed by atoms with Crippen LogP contribution in [0.4, 0.5) is 0 Å². The van der Waals surface area contributed by atoms with Gasteiger partial charge in [-0.2, -0.15) is 0 Å². The Balaban J connectivity index is -0.0000000222. The van der Waals surface area contributed by atoms with Gasteiger partial charge in [0.05, 0.1) is 11.9 Å². The van der Waals surface area contributed by atoms with E-state index in [1.54, 1.807) is 0 Å². The van der Waals surface area contributed by atoms with E-state index in [2.05, 4.69) is 11.9 Å². The summed E-state index contributed by atoms with van der Waals surface area (Å²) in [6.45, 7) is 1.20. The first kappa shape index (κ1) is 22.5. The van der Waals surface area contributed by atoms with Crippen LogP contribution in [0.25, 0.3) is 0 Å². The molecule has 58 valence electrons. The SMILES string of the molecule is CC(O)C(=O)O.OCl.[AlH3].[H-].[Na+]. The van der Waals surface area contributed by atoms with Crippen LogP contribution in [-0.2, 0) is 4.79 Å². The molecule has 0 aromatic heterocycles. The minimum Gasteiger partial charge on any atom is -1.00 e. The zero-order chi connectivity index (χ0) is 7.15. The maximum absolute atomic E-state index is 9.45.